The summed E-state index contributed by atoms with van der Waals surface area (Å²) in [4.78, 5) is 0. The lowest BCUT2D eigenvalue weighted by atomic mass is 10.1. The van der Waals surface area contributed by atoms with Crippen molar-refractivity contribution in [2.45, 2.75) is 24.9 Å². The molecule has 0 aliphatic heterocycles. The van der Waals surface area contributed by atoms with Crippen molar-refractivity contribution in [2.75, 3.05) is 13.2 Å². The molecule has 2 nitrogen and oxygen atoms in total. The smallest absolute Gasteiger partial charge is 0.330 e. The van der Waals surface area contributed by atoms with Crippen LogP contribution in [0.5, 0.6) is 0 Å². The Morgan fingerprint density at radius 3 is 2.35 bits per heavy atom. The van der Waals surface area contributed by atoms with Crippen LogP contribution in [0.3, 0.4) is 0 Å². The molecule has 0 bridgehead atoms. The summed E-state index contributed by atoms with van der Waals surface area (Å²) in [5.41, 5.74) is 0.223. The van der Waals surface area contributed by atoms with Gasteiger partial charge in [-0.2, -0.15) is 8.78 Å². The number of aliphatic hydroxyl groups excluding tert-OH is 1. The fourth-order valence-corrected chi connectivity index (χ4v) is 1.39. The minimum absolute atomic E-state index is 0.183. The van der Waals surface area contributed by atoms with Crippen LogP contribution in [0.4, 0.5) is 26.3 Å². The highest BCUT2D eigenvalue weighted by atomic mass is 19.3. The summed E-state index contributed by atoms with van der Waals surface area (Å²) in [6.45, 7) is -2.15. The molecule has 0 heterocycles. The van der Waals surface area contributed by atoms with Gasteiger partial charge in [-0.15, -0.1) is 0 Å². The van der Waals surface area contributed by atoms with Crippen molar-refractivity contribution in [3.05, 3.63) is 35.4 Å². The van der Waals surface area contributed by atoms with Gasteiger partial charge >= 0.3 is 12.3 Å². The molecule has 0 radical (unpaired) electrons. The first kappa shape index (κ1) is 16.8. The first-order chi connectivity index (χ1) is 9.22. The molecule has 0 fully saturated rings. The SMILES string of the molecule is OC(COCC(F)(F)C(F)F)Cc1ccc(F)c(F)c1. The lowest BCUT2D eigenvalue weighted by molar-refractivity contribution is -0.170. The number of halogens is 6. The van der Waals surface area contributed by atoms with E-state index in [1.54, 1.807) is 0 Å². The highest BCUT2D eigenvalue weighted by molar-refractivity contribution is 5.18. The Kier molecular flexibility index (Phi) is 5.82. The molecule has 0 spiro atoms. The molecule has 20 heavy (non-hydrogen) atoms. The highest BCUT2D eigenvalue weighted by Gasteiger charge is 2.41. The van der Waals surface area contributed by atoms with Crippen LogP contribution in [-0.2, 0) is 11.2 Å². The van der Waals surface area contributed by atoms with Crippen LogP contribution in [0.1, 0.15) is 5.56 Å². The summed E-state index contributed by atoms with van der Waals surface area (Å²) >= 11 is 0. The molecule has 1 unspecified atom stereocenters. The summed E-state index contributed by atoms with van der Waals surface area (Å²) in [7, 11) is 0. The van der Waals surface area contributed by atoms with E-state index in [2.05, 4.69) is 4.74 Å². The average Bonchev–Trinajstić information content (AvgIpc) is 2.33. The van der Waals surface area contributed by atoms with Crippen LogP contribution < -0.4 is 0 Å². The third kappa shape index (κ3) is 5.01. The Bertz CT molecular complexity index is 438. The first-order valence-corrected chi connectivity index (χ1v) is 5.58. The number of alkyl halides is 4. The van der Waals surface area contributed by atoms with Crippen molar-refractivity contribution < 1.29 is 36.2 Å². The second-order valence-corrected chi connectivity index (χ2v) is 4.18. The zero-order valence-electron chi connectivity index (χ0n) is 10.1. The number of hydrogen-bond acceptors (Lipinski definition) is 2. The summed E-state index contributed by atoms with van der Waals surface area (Å²) in [5.74, 6) is -6.46. The molecule has 0 aliphatic rings. The zero-order chi connectivity index (χ0) is 15.3. The maximum Gasteiger partial charge on any atom is 0.330 e. The topological polar surface area (TPSA) is 29.5 Å². The van der Waals surface area contributed by atoms with Crippen molar-refractivity contribution in [1.29, 1.82) is 0 Å². The monoisotopic (exact) mass is 302 g/mol. The van der Waals surface area contributed by atoms with Crippen LogP contribution >= 0.6 is 0 Å². The van der Waals surface area contributed by atoms with Gasteiger partial charge in [0.2, 0.25) is 0 Å². The zero-order valence-corrected chi connectivity index (χ0v) is 10.1. The molecule has 0 amide bonds. The Balaban J connectivity index is 2.40. The van der Waals surface area contributed by atoms with Gasteiger partial charge in [-0.1, -0.05) is 6.07 Å². The fourth-order valence-electron chi connectivity index (χ4n) is 1.39. The minimum atomic E-state index is -4.29. The molecule has 1 aromatic carbocycles. The second kappa shape index (κ2) is 6.94. The van der Waals surface area contributed by atoms with Gasteiger partial charge in [0.15, 0.2) is 11.6 Å². The number of hydrogen-bond donors (Lipinski definition) is 1. The molecule has 1 rings (SSSR count). The van der Waals surface area contributed by atoms with E-state index in [0.717, 1.165) is 12.1 Å². The average molecular weight is 302 g/mol. The van der Waals surface area contributed by atoms with E-state index in [0.29, 0.717) is 0 Å². The van der Waals surface area contributed by atoms with E-state index in [4.69, 9.17) is 0 Å². The largest absolute Gasteiger partial charge is 0.390 e. The van der Waals surface area contributed by atoms with Crippen molar-refractivity contribution in [1.82, 2.24) is 0 Å². The summed E-state index contributed by atoms with van der Waals surface area (Å²) in [6.07, 6.45) is -5.34. The van der Waals surface area contributed by atoms with Gasteiger partial charge in [0.25, 0.3) is 0 Å². The molecule has 0 saturated carbocycles. The molecule has 0 aromatic heterocycles. The number of rotatable bonds is 7. The Morgan fingerprint density at radius 2 is 1.80 bits per heavy atom. The maximum atomic E-state index is 12.9. The standard InChI is InChI=1S/C12H12F6O2/c13-9-2-1-7(4-10(9)14)3-8(19)5-20-6-12(17,18)11(15)16/h1-2,4,8,11,19H,3,5-6H2. The van der Waals surface area contributed by atoms with Gasteiger partial charge in [-0.3, -0.25) is 0 Å². The second-order valence-electron chi connectivity index (χ2n) is 4.18. The molecular formula is C12H12F6O2. The lowest BCUT2D eigenvalue weighted by Gasteiger charge is -2.17. The van der Waals surface area contributed by atoms with Crippen LogP contribution in [0.2, 0.25) is 0 Å². The van der Waals surface area contributed by atoms with E-state index >= 15 is 0 Å². The fraction of sp³-hybridized carbons (Fsp3) is 0.500. The van der Waals surface area contributed by atoms with Gasteiger partial charge in [0.05, 0.1) is 12.7 Å². The van der Waals surface area contributed by atoms with E-state index in [1.807, 2.05) is 0 Å². The lowest BCUT2D eigenvalue weighted by Crippen LogP contribution is -2.34. The molecule has 1 N–H and O–H groups in total. The number of ether oxygens (including phenoxy) is 1. The quantitative estimate of drug-likeness (QED) is 0.785. The normalized spacial score (nSPS) is 13.8. The summed E-state index contributed by atoms with van der Waals surface area (Å²) in [5, 5.41) is 9.42. The van der Waals surface area contributed by atoms with Crippen molar-refractivity contribution >= 4 is 0 Å². The molecule has 1 aromatic rings. The van der Waals surface area contributed by atoms with Crippen LogP contribution in [0.25, 0.3) is 0 Å². The van der Waals surface area contributed by atoms with E-state index in [1.165, 1.54) is 6.07 Å². The summed E-state index contributed by atoms with van der Waals surface area (Å²) < 4.78 is 78.3. The number of aliphatic hydroxyl groups is 1. The maximum absolute atomic E-state index is 12.9. The van der Waals surface area contributed by atoms with Gasteiger partial charge in [-0.05, 0) is 17.7 Å². The highest BCUT2D eigenvalue weighted by Crippen LogP contribution is 2.23. The first-order valence-electron chi connectivity index (χ1n) is 5.58. The third-order valence-corrected chi connectivity index (χ3v) is 2.38. The number of benzene rings is 1. The van der Waals surface area contributed by atoms with Crippen LogP contribution in [-0.4, -0.2) is 36.8 Å². The molecule has 1 atom stereocenters. The van der Waals surface area contributed by atoms with E-state index < -0.39 is 43.3 Å². The van der Waals surface area contributed by atoms with Crippen molar-refractivity contribution in [3.63, 3.8) is 0 Å². The molecule has 0 saturated heterocycles. The Morgan fingerprint density at radius 1 is 1.15 bits per heavy atom. The van der Waals surface area contributed by atoms with Gasteiger partial charge < -0.3 is 9.84 Å². The molecular weight excluding hydrogens is 290 g/mol. The van der Waals surface area contributed by atoms with Gasteiger partial charge in [0, 0.05) is 6.42 Å². The van der Waals surface area contributed by atoms with Crippen LogP contribution in [0.15, 0.2) is 18.2 Å². The molecule has 0 aliphatic carbocycles. The van der Waals surface area contributed by atoms with Crippen molar-refractivity contribution in [3.8, 4) is 0 Å². The molecule has 114 valence electrons. The van der Waals surface area contributed by atoms with Gasteiger partial charge in [-0.25, -0.2) is 17.6 Å². The Labute approximate surface area is 111 Å². The van der Waals surface area contributed by atoms with E-state index in [-0.39, 0.29) is 12.0 Å². The Hall–Kier alpha value is -1.28. The molecule has 8 heteroatoms. The summed E-state index contributed by atoms with van der Waals surface area (Å²) in [6, 6.07) is 2.89. The van der Waals surface area contributed by atoms with Crippen molar-refractivity contribution in [2.24, 2.45) is 0 Å². The third-order valence-electron chi connectivity index (χ3n) is 2.38. The predicted octanol–water partition coefficient (Wildman–Crippen LogP) is 2.79. The minimum Gasteiger partial charge on any atom is -0.390 e. The van der Waals surface area contributed by atoms with Gasteiger partial charge in [0.1, 0.15) is 6.61 Å². The predicted molar refractivity (Wildman–Crippen MR) is 57.8 cm³/mol. The van der Waals surface area contributed by atoms with E-state index in [9.17, 15) is 31.4 Å². The van der Waals surface area contributed by atoms with Crippen LogP contribution in [0, 0.1) is 11.6 Å².